The van der Waals surface area contributed by atoms with Gasteiger partial charge in [0.25, 0.3) is 5.92 Å². The Balaban J connectivity index is 1.12. The van der Waals surface area contributed by atoms with Crippen molar-refractivity contribution >= 4 is 28.2 Å². The molecule has 1 aromatic heterocycles. The number of carbonyl (C=O) groups is 2. The number of ether oxygens (including phenoxy) is 1. The lowest BCUT2D eigenvalue weighted by atomic mass is 10.0. The fourth-order valence-corrected chi connectivity index (χ4v) is 5.01. The lowest BCUT2D eigenvalue weighted by Gasteiger charge is -2.28. The SMILES string of the molecule is O=C(Cc1ccc2c(cnn2-c2ccc(CC(=O)C3CC3(F)F)cc2)c1)c1ccc(N2CCOCC2)cc1. The van der Waals surface area contributed by atoms with Crippen LogP contribution in [0.4, 0.5) is 14.5 Å². The summed E-state index contributed by atoms with van der Waals surface area (Å²) in [5.74, 6) is -4.32. The zero-order chi connectivity index (χ0) is 26.3. The molecule has 0 spiro atoms. The summed E-state index contributed by atoms with van der Waals surface area (Å²) in [6, 6.07) is 20.8. The van der Waals surface area contributed by atoms with E-state index in [4.69, 9.17) is 4.74 Å². The number of alkyl halides is 2. The van der Waals surface area contributed by atoms with Crippen LogP contribution in [0.3, 0.4) is 0 Å². The number of fused-ring (bicyclic) bond motifs is 1. The summed E-state index contributed by atoms with van der Waals surface area (Å²) < 4.78 is 33.5. The number of rotatable bonds is 8. The summed E-state index contributed by atoms with van der Waals surface area (Å²) in [4.78, 5) is 27.2. The standard InChI is InChI=1S/C30H27F2N3O3/c31-30(32)18-26(30)29(37)16-20-1-6-25(7-2-20)35-27-10-3-21(15-23(27)19-33-35)17-28(36)22-4-8-24(9-5-22)34-11-13-38-14-12-34/h1-10,15,19,26H,11-14,16-18H2. The number of halogens is 2. The fourth-order valence-electron chi connectivity index (χ4n) is 5.01. The molecule has 0 bridgehead atoms. The zero-order valence-corrected chi connectivity index (χ0v) is 20.8. The Kier molecular flexibility index (Phi) is 6.27. The second kappa shape index (κ2) is 9.76. The Morgan fingerprint density at radius 1 is 0.895 bits per heavy atom. The molecule has 1 saturated carbocycles. The van der Waals surface area contributed by atoms with Gasteiger partial charge in [-0.3, -0.25) is 9.59 Å². The third kappa shape index (κ3) is 4.96. The molecule has 1 unspecified atom stereocenters. The molecular weight excluding hydrogens is 488 g/mol. The summed E-state index contributed by atoms with van der Waals surface area (Å²) in [5, 5.41) is 5.41. The maximum Gasteiger partial charge on any atom is 0.258 e. The summed E-state index contributed by atoms with van der Waals surface area (Å²) in [7, 11) is 0. The van der Waals surface area contributed by atoms with E-state index in [2.05, 4.69) is 10.00 Å². The number of nitrogens with zero attached hydrogens (tertiary/aromatic N) is 3. The van der Waals surface area contributed by atoms with E-state index in [1.54, 1.807) is 23.0 Å². The van der Waals surface area contributed by atoms with E-state index in [0.717, 1.165) is 54.1 Å². The molecule has 1 aliphatic heterocycles. The molecule has 4 aromatic rings. The molecule has 0 N–H and O–H groups in total. The molecule has 1 aliphatic carbocycles. The molecule has 8 heteroatoms. The molecule has 6 rings (SSSR count). The number of anilines is 1. The molecule has 194 valence electrons. The molecule has 3 aromatic carbocycles. The fraction of sp³-hybridized carbons (Fsp3) is 0.300. The molecular formula is C30H27F2N3O3. The lowest BCUT2D eigenvalue weighted by molar-refractivity contribution is -0.121. The number of hydrogen-bond acceptors (Lipinski definition) is 5. The molecule has 38 heavy (non-hydrogen) atoms. The Hall–Kier alpha value is -3.91. The number of hydrogen-bond donors (Lipinski definition) is 0. The number of Topliss-reactive ketones (excluding diaryl/α,β-unsaturated/α-hetero) is 2. The van der Waals surface area contributed by atoms with Gasteiger partial charge in [-0.2, -0.15) is 5.10 Å². The third-order valence-electron chi connectivity index (χ3n) is 7.34. The average Bonchev–Trinajstić information content (AvgIpc) is 3.39. The summed E-state index contributed by atoms with van der Waals surface area (Å²) >= 11 is 0. The van der Waals surface area contributed by atoms with Crippen LogP contribution in [0.25, 0.3) is 16.6 Å². The quantitative estimate of drug-likeness (QED) is 0.307. The van der Waals surface area contributed by atoms with E-state index < -0.39 is 17.6 Å². The first kappa shape index (κ1) is 24.4. The molecule has 6 nitrogen and oxygen atoms in total. The average molecular weight is 516 g/mol. The van der Waals surface area contributed by atoms with Crippen LogP contribution in [0.2, 0.25) is 0 Å². The third-order valence-corrected chi connectivity index (χ3v) is 7.34. The molecule has 1 atom stereocenters. The predicted molar refractivity (Wildman–Crippen MR) is 140 cm³/mol. The Bertz CT molecular complexity index is 1490. The predicted octanol–water partition coefficient (Wildman–Crippen LogP) is 5.05. The van der Waals surface area contributed by atoms with E-state index in [1.807, 2.05) is 54.6 Å². The number of benzene rings is 3. The van der Waals surface area contributed by atoms with Crippen LogP contribution in [0.5, 0.6) is 0 Å². The van der Waals surface area contributed by atoms with E-state index in [-0.39, 0.29) is 18.6 Å². The van der Waals surface area contributed by atoms with Gasteiger partial charge in [-0.05, 0) is 59.7 Å². The van der Waals surface area contributed by atoms with Crippen molar-refractivity contribution in [2.24, 2.45) is 5.92 Å². The van der Waals surface area contributed by atoms with Crippen molar-refractivity contribution < 1.29 is 23.1 Å². The van der Waals surface area contributed by atoms with E-state index in [0.29, 0.717) is 17.5 Å². The van der Waals surface area contributed by atoms with Gasteiger partial charge in [0.15, 0.2) is 5.78 Å². The van der Waals surface area contributed by atoms with Crippen LogP contribution in [0.15, 0.2) is 72.9 Å². The van der Waals surface area contributed by atoms with E-state index in [9.17, 15) is 18.4 Å². The smallest absolute Gasteiger partial charge is 0.258 e. The van der Waals surface area contributed by atoms with Gasteiger partial charge in [-0.25, -0.2) is 13.5 Å². The number of aromatic nitrogens is 2. The first-order valence-electron chi connectivity index (χ1n) is 12.8. The molecule has 0 amide bonds. The van der Waals surface area contributed by atoms with Crippen LogP contribution < -0.4 is 4.90 Å². The summed E-state index contributed by atoms with van der Waals surface area (Å²) in [5.41, 5.74) is 5.08. The van der Waals surface area contributed by atoms with Crippen LogP contribution >= 0.6 is 0 Å². The minimum absolute atomic E-state index is 0.00766. The van der Waals surface area contributed by atoms with Crippen molar-refractivity contribution in [1.82, 2.24) is 9.78 Å². The summed E-state index contributed by atoms with van der Waals surface area (Å²) in [6.45, 7) is 3.14. The molecule has 0 radical (unpaired) electrons. The molecule has 2 heterocycles. The number of carbonyl (C=O) groups excluding carboxylic acids is 2. The minimum atomic E-state index is -2.83. The van der Waals surface area contributed by atoms with Crippen LogP contribution in [-0.2, 0) is 22.4 Å². The Morgan fingerprint density at radius 3 is 2.24 bits per heavy atom. The second-order valence-corrected chi connectivity index (χ2v) is 10.0. The van der Waals surface area contributed by atoms with Gasteiger partial charge < -0.3 is 9.64 Å². The second-order valence-electron chi connectivity index (χ2n) is 10.0. The minimum Gasteiger partial charge on any atom is -0.378 e. The molecule has 1 saturated heterocycles. The lowest BCUT2D eigenvalue weighted by Crippen LogP contribution is -2.36. The van der Waals surface area contributed by atoms with Crippen molar-refractivity contribution in [3.05, 3.63) is 89.6 Å². The van der Waals surface area contributed by atoms with Crippen molar-refractivity contribution in [3.8, 4) is 5.69 Å². The highest BCUT2D eigenvalue weighted by Crippen LogP contribution is 2.49. The first-order valence-corrected chi connectivity index (χ1v) is 12.8. The Labute approximate surface area is 218 Å². The maximum absolute atomic E-state index is 13.2. The maximum atomic E-state index is 13.2. The summed E-state index contributed by atoms with van der Waals surface area (Å²) in [6.07, 6.45) is 1.72. The van der Waals surface area contributed by atoms with Gasteiger partial charge >= 0.3 is 0 Å². The van der Waals surface area contributed by atoms with E-state index in [1.165, 1.54) is 0 Å². The zero-order valence-electron chi connectivity index (χ0n) is 20.8. The normalized spacial score (nSPS) is 18.5. The van der Waals surface area contributed by atoms with Gasteiger partial charge in [-0.1, -0.05) is 18.2 Å². The van der Waals surface area contributed by atoms with Crippen LogP contribution in [0, 0.1) is 5.92 Å². The highest BCUT2D eigenvalue weighted by atomic mass is 19.3. The largest absolute Gasteiger partial charge is 0.378 e. The van der Waals surface area contributed by atoms with Gasteiger partial charge in [0.05, 0.1) is 36.5 Å². The Morgan fingerprint density at radius 2 is 1.55 bits per heavy atom. The van der Waals surface area contributed by atoms with Crippen molar-refractivity contribution in [1.29, 1.82) is 0 Å². The first-order chi connectivity index (χ1) is 18.4. The van der Waals surface area contributed by atoms with Gasteiger partial charge in [-0.15, -0.1) is 0 Å². The number of morpholine rings is 1. The van der Waals surface area contributed by atoms with Crippen LogP contribution in [0.1, 0.15) is 27.9 Å². The van der Waals surface area contributed by atoms with Gasteiger partial charge in [0.2, 0.25) is 0 Å². The molecule has 2 fully saturated rings. The van der Waals surface area contributed by atoms with Crippen molar-refractivity contribution in [3.63, 3.8) is 0 Å². The van der Waals surface area contributed by atoms with Crippen molar-refractivity contribution in [2.45, 2.75) is 25.2 Å². The highest BCUT2D eigenvalue weighted by molar-refractivity contribution is 5.98. The molecule has 2 aliphatic rings. The topological polar surface area (TPSA) is 64.4 Å². The van der Waals surface area contributed by atoms with E-state index >= 15 is 0 Å². The monoisotopic (exact) mass is 515 g/mol. The van der Waals surface area contributed by atoms with Gasteiger partial charge in [0, 0.05) is 49.0 Å². The highest BCUT2D eigenvalue weighted by Gasteiger charge is 2.60. The van der Waals surface area contributed by atoms with Crippen molar-refractivity contribution in [2.75, 3.05) is 31.2 Å². The number of ketones is 2. The van der Waals surface area contributed by atoms with Gasteiger partial charge in [0.1, 0.15) is 5.78 Å². The van der Waals surface area contributed by atoms with Crippen LogP contribution in [-0.4, -0.2) is 53.6 Å².